The van der Waals surface area contributed by atoms with Gasteiger partial charge in [0.2, 0.25) is 5.95 Å². The van der Waals surface area contributed by atoms with Crippen LogP contribution in [0.5, 0.6) is 0 Å². The molecule has 0 spiro atoms. The summed E-state index contributed by atoms with van der Waals surface area (Å²) in [6.07, 6.45) is 1.35. The molecule has 0 bridgehead atoms. The maximum Gasteiger partial charge on any atom is 0.534 e. The molecule has 0 unspecified atom stereocenters. The Labute approximate surface area is 94.3 Å². The smallest absolute Gasteiger partial charge is 0.397 e. The molecule has 0 amide bonds. The Morgan fingerprint density at radius 2 is 1.75 bits per heavy atom. The van der Waals surface area contributed by atoms with Gasteiger partial charge >= 0.3 is 7.12 Å². The highest BCUT2D eigenvalue weighted by molar-refractivity contribution is 6.60. The Bertz CT molecular complexity index is 396. The summed E-state index contributed by atoms with van der Waals surface area (Å²) in [5.74, 6) is -0.584. The fourth-order valence-electron chi connectivity index (χ4n) is 1.41. The van der Waals surface area contributed by atoms with Crippen molar-refractivity contribution >= 4 is 12.8 Å². The zero-order valence-corrected chi connectivity index (χ0v) is 9.82. The van der Waals surface area contributed by atoms with E-state index in [1.807, 2.05) is 27.7 Å². The fourth-order valence-corrected chi connectivity index (χ4v) is 1.41. The van der Waals surface area contributed by atoms with E-state index in [0.717, 1.165) is 0 Å². The Balaban J connectivity index is 2.27. The lowest BCUT2D eigenvalue weighted by Crippen LogP contribution is -2.41. The number of halogens is 1. The molecule has 1 aromatic rings. The van der Waals surface area contributed by atoms with Crippen LogP contribution in [0, 0.1) is 5.95 Å². The maximum atomic E-state index is 12.9. The van der Waals surface area contributed by atoms with Crippen molar-refractivity contribution < 1.29 is 13.7 Å². The van der Waals surface area contributed by atoms with E-state index in [1.165, 1.54) is 12.3 Å². The first kappa shape index (κ1) is 11.5. The first-order valence-corrected chi connectivity index (χ1v) is 5.16. The van der Waals surface area contributed by atoms with Crippen molar-refractivity contribution in [2.45, 2.75) is 38.9 Å². The van der Waals surface area contributed by atoms with E-state index in [0.29, 0.717) is 0 Å². The van der Waals surface area contributed by atoms with Crippen molar-refractivity contribution in [1.29, 1.82) is 0 Å². The monoisotopic (exact) mass is 224 g/mol. The van der Waals surface area contributed by atoms with E-state index in [9.17, 15) is 4.39 Å². The molecule has 0 saturated carbocycles. The van der Waals surface area contributed by atoms with Crippen molar-refractivity contribution in [2.75, 3.05) is 0 Å². The van der Waals surface area contributed by atoms with Gasteiger partial charge < -0.3 is 9.31 Å². The maximum absolute atomic E-state index is 12.9. The molecule has 2 rings (SSSR count). The molecule has 0 N–H and O–H groups in total. The summed E-state index contributed by atoms with van der Waals surface area (Å²) in [5.41, 5.74) is -0.709. The average Bonchev–Trinajstić information content (AvgIpc) is 2.36. The summed E-state index contributed by atoms with van der Waals surface area (Å²) < 4.78 is 24.3. The van der Waals surface area contributed by atoms with Crippen molar-refractivity contribution in [1.82, 2.24) is 9.97 Å². The molecular weight excluding hydrogens is 210 g/mol. The zero-order chi connectivity index (χ0) is 12.0. The molecule has 1 saturated heterocycles. The first-order chi connectivity index (χ1) is 7.32. The summed E-state index contributed by atoms with van der Waals surface area (Å²) >= 11 is 0. The van der Waals surface area contributed by atoms with Gasteiger partial charge in [0, 0.05) is 12.3 Å². The van der Waals surface area contributed by atoms with Gasteiger partial charge in [-0.15, -0.1) is 0 Å². The number of aromatic nitrogens is 2. The van der Waals surface area contributed by atoms with E-state index in [4.69, 9.17) is 9.31 Å². The van der Waals surface area contributed by atoms with E-state index in [1.54, 1.807) is 0 Å². The van der Waals surface area contributed by atoms with Crippen LogP contribution in [0.25, 0.3) is 0 Å². The third kappa shape index (κ3) is 1.83. The van der Waals surface area contributed by atoms with Gasteiger partial charge in [0.1, 0.15) is 0 Å². The molecule has 6 heteroatoms. The minimum atomic E-state index is -0.708. The lowest BCUT2D eigenvalue weighted by atomic mass is 9.89. The van der Waals surface area contributed by atoms with Crippen LogP contribution in [0.15, 0.2) is 12.3 Å². The van der Waals surface area contributed by atoms with Crippen LogP contribution in [0.1, 0.15) is 27.7 Å². The Morgan fingerprint density at radius 1 is 1.19 bits per heavy atom. The molecule has 86 valence electrons. The molecule has 1 aliphatic heterocycles. The van der Waals surface area contributed by atoms with E-state index < -0.39 is 24.3 Å². The fraction of sp³-hybridized carbons (Fsp3) is 0.600. The Hall–Kier alpha value is -1.01. The molecule has 16 heavy (non-hydrogen) atoms. The van der Waals surface area contributed by atoms with Crippen molar-refractivity contribution in [3.8, 4) is 0 Å². The molecule has 1 aromatic heterocycles. The molecule has 0 aromatic carbocycles. The second-order valence-corrected chi connectivity index (χ2v) is 4.83. The summed E-state index contributed by atoms with van der Waals surface area (Å²) in [7, 11) is -0.708. The highest BCUT2D eigenvalue weighted by Crippen LogP contribution is 2.36. The third-order valence-corrected chi connectivity index (χ3v) is 3.10. The minimum absolute atomic E-state index is 0.221. The molecule has 0 aliphatic carbocycles. The van der Waals surface area contributed by atoms with Crippen LogP contribution in [-0.4, -0.2) is 28.3 Å². The lowest BCUT2D eigenvalue weighted by Gasteiger charge is -2.32. The van der Waals surface area contributed by atoms with Crippen molar-refractivity contribution in [3.05, 3.63) is 18.2 Å². The average molecular weight is 224 g/mol. The normalized spacial score (nSPS) is 22.4. The topological polar surface area (TPSA) is 44.2 Å². The second kappa shape index (κ2) is 3.50. The van der Waals surface area contributed by atoms with Gasteiger partial charge in [0.25, 0.3) is 0 Å². The second-order valence-electron chi connectivity index (χ2n) is 4.83. The highest BCUT2D eigenvalue weighted by atomic mass is 19.1. The van der Waals surface area contributed by atoms with Gasteiger partial charge in [-0.1, -0.05) is 0 Å². The summed E-state index contributed by atoms with van der Waals surface area (Å²) in [6.45, 7) is 7.69. The van der Waals surface area contributed by atoms with E-state index in [-0.39, 0.29) is 5.72 Å². The van der Waals surface area contributed by atoms with Crippen LogP contribution in [0.2, 0.25) is 0 Å². The van der Waals surface area contributed by atoms with Crippen LogP contribution < -0.4 is 5.72 Å². The predicted octanol–water partition coefficient (Wildman–Crippen LogP) is 0.915. The summed E-state index contributed by atoms with van der Waals surface area (Å²) in [6, 6.07) is 1.19. The zero-order valence-electron chi connectivity index (χ0n) is 9.82. The molecule has 4 nitrogen and oxygen atoms in total. The first-order valence-electron chi connectivity index (χ1n) is 5.16. The van der Waals surface area contributed by atoms with Gasteiger partial charge in [0.05, 0.1) is 11.2 Å². The Kier molecular flexibility index (Phi) is 2.51. The molecular formula is C10H14BFN2O2. The van der Waals surface area contributed by atoms with Gasteiger partial charge in [-0.05, 0) is 27.7 Å². The van der Waals surface area contributed by atoms with E-state index in [2.05, 4.69) is 9.97 Å². The summed E-state index contributed by atoms with van der Waals surface area (Å²) in [5, 5.41) is 0. The molecule has 0 radical (unpaired) electrons. The van der Waals surface area contributed by atoms with Gasteiger partial charge in [0.15, 0.2) is 5.72 Å². The largest absolute Gasteiger partial charge is 0.534 e. The Morgan fingerprint density at radius 3 is 2.25 bits per heavy atom. The number of hydrogen-bond acceptors (Lipinski definition) is 4. The standard InChI is InChI=1S/C10H14BFN2O2/c1-9(2)10(3,4)16-11(15-9)8-13-6-5-7(12)14-8/h5-6H,1-4H3. The molecule has 0 atom stereocenters. The van der Waals surface area contributed by atoms with Gasteiger partial charge in [-0.3, -0.25) is 0 Å². The predicted molar refractivity (Wildman–Crippen MR) is 57.7 cm³/mol. The quantitative estimate of drug-likeness (QED) is 0.525. The molecule has 2 heterocycles. The van der Waals surface area contributed by atoms with Gasteiger partial charge in [-0.25, -0.2) is 9.97 Å². The highest BCUT2D eigenvalue weighted by Gasteiger charge is 2.53. The SMILES string of the molecule is CC1(C)OB(c2nccc(F)n2)OC1(C)C. The third-order valence-electron chi connectivity index (χ3n) is 3.10. The molecule has 1 fully saturated rings. The molecule has 1 aliphatic rings. The van der Waals surface area contributed by atoms with Crippen LogP contribution in [-0.2, 0) is 9.31 Å². The lowest BCUT2D eigenvalue weighted by molar-refractivity contribution is 0.00578. The van der Waals surface area contributed by atoms with E-state index >= 15 is 0 Å². The van der Waals surface area contributed by atoms with Gasteiger partial charge in [-0.2, -0.15) is 4.39 Å². The van der Waals surface area contributed by atoms with Crippen LogP contribution in [0.4, 0.5) is 4.39 Å². The number of nitrogens with zero attached hydrogens (tertiary/aromatic N) is 2. The van der Waals surface area contributed by atoms with Crippen molar-refractivity contribution in [2.24, 2.45) is 0 Å². The number of rotatable bonds is 1. The summed E-state index contributed by atoms with van der Waals surface area (Å²) in [4.78, 5) is 7.61. The van der Waals surface area contributed by atoms with Crippen molar-refractivity contribution in [3.63, 3.8) is 0 Å². The minimum Gasteiger partial charge on any atom is -0.397 e. The number of hydrogen-bond donors (Lipinski definition) is 0. The van der Waals surface area contributed by atoms with Crippen LogP contribution >= 0.6 is 0 Å². The van der Waals surface area contributed by atoms with Crippen LogP contribution in [0.3, 0.4) is 0 Å².